The summed E-state index contributed by atoms with van der Waals surface area (Å²) in [5, 5.41) is 11.5. The van der Waals surface area contributed by atoms with Gasteiger partial charge in [-0.3, -0.25) is 14.9 Å². The Hall–Kier alpha value is -2.39. The number of hydrogen-bond acceptors (Lipinski definition) is 7. The van der Waals surface area contributed by atoms with Gasteiger partial charge in [0.15, 0.2) is 11.5 Å². The predicted octanol–water partition coefficient (Wildman–Crippen LogP) is 1.69. The van der Waals surface area contributed by atoms with Crippen molar-refractivity contribution in [2.45, 2.75) is 13.8 Å². The van der Waals surface area contributed by atoms with Gasteiger partial charge in [-0.15, -0.1) is 0 Å². The minimum atomic E-state index is -0.613. The number of nitro benzene ring substituents is 1. The molecule has 2 N–H and O–H groups in total. The van der Waals surface area contributed by atoms with Crippen LogP contribution in [0, 0.1) is 15.5 Å². The fourth-order valence-electron chi connectivity index (χ4n) is 2.36. The molecule has 0 aliphatic rings. The van der Waals surface area contributed by atoms with Gasteiger partial charge in [0, 0.05) is 26.8 Å². The molecular formula is C17H27N3O6. The zero-order valence-electron chi connectivity index (χ0n) is 15.9. The highest BCUT2D eigenvalue weighted by molar-refractivity contribution is 5.99. The molecule has 1 aromatic carbocycles. The van der Waals surface area contributed by atoms with Crippen LogP contribution in [-0.2, 0) is 4.74 Å². The Morgan fingerprint density at radius 2 is 1.92 bits per heavy atom. The number of hydrogen-bond donors (Lipinski definition) is 1. The third-order valence-corrected chi connectivity index (χ3v) is 3.82. The van der Waals surface area contributed by atoms with E-state index in [-0.39, 0.29) is 34.8 Å². The quantitative estimate of drug-likeness (QED) is 0.379. The normalized spacial score (nSPS) is 11.2. The third-order valence-electron chi connectivity index (χ3n) is 3.82. The van der Waals surface area contributed by atoms with E-state index >= 15 is 0 Å². The number of benzene rings is 1. The molecule has 9 heteroatoms. The van der Waals surface area contributed by atoms with Gasteiger partial charge in [-0.1, -0.05) is 13.8 Å². The fourth-order valence-corrected chi connectivity index (χ4v) is 2.36. The second-order valence-electron chi connectivity index (χ2n) is 6.65. The van der Waals surface area contributed by atoms with Crippen molar-refractivity contribution in [2.75, 3.05) is 47.6 Å². The number of amides is 1. The number of nitrogens with two attached hydrogens (primary N) is 1. The van der Waals surface area contributed by atoms with E-state index in [4.69, 9.17) is 19.9 Å². The molecule has 0 saturated heterocycles. The van der Waals surface area contributed by atoms with Crippen molar-refractivity contribution >= 4 is 11.6 Å². The first-order valence-corrected chi connectivity index (χ1v) is 8.10. The number of methoxy groups -OCH3 is 2. The first kappa shape index (κ1) is 21.7. The average molecular weight is 369 g/mol. The fraction of sp³-hybridized carbons (Fsp3) is 0.588. The van der Waals surface area contributed by atoms with Crippen molar-refractivity contribution in [2.24, 2.45) is 11.1 Å². The van der Waals surface area contributed by atoms with Crippen LogP contribution in [0.25, 0.3) is 0 Å². The lowest BCUT2D eigenvalue weighted by molar-refractivity contribution is -0.385. The molecule has 1 amide bonds. The van der Waals surface area contributed by atoms with Gasteiger partial charge in [-0.05, 0) is 12.0 Å². The van der Waals surface area contributed by atoms with Crippen LogP contribution in [0.4, 0.5) is 5.69 Å². The second kappa shape index (κ2) is 9.35. The van der Waals surface area contributed by atoms with E-state index in [0.29, 0.717) is 19.7 Å². The molecule has 0 spiro atoms. The third kappa shape index (κ3) is 5.57. The van der Waals surface area contributed by atoms with Crippen LogP contribution < -0.4 is 15.2 Å². The molecule has 0 unspecified atom stereocenters. The summed E-state index contributed by atoms with van der Waals surface area (Å²) < 4.78 is 15.6. The van der Waals surface area contributed by atoms with Crippen molar-refractivity contribution in [3.63, 3.8) is 0 Å². The predicted molar refractivity (Wildman–Crippen MR) is 96.8 cm³/mol. The summed E-state index contributed by atoms with van der Waals surface area (Å²) in [7, 11) is 4.50. The SMILES string of the molecule is COCCOc1cc([N+](=O)[O-])c(C(=O)N(C)CC(C)(C)CN)cc1OC. The summed E-state index contributed by atoms with van der Waals surface area (Å²) in [5.41, 5.74) is 4.97. The minimum absolute atomic E-state index is 0.0683. The Morgan fingerprint density at radius 1 is 1.27 bits per heavy atom. The summed E-state index contributed by atoms with van der Waals surface area (Å²) in [5.74, 6) is -0.0701. The maximum atomic E-state index is 12.8. The zero-order valence-corrected chi connectivity index (χ0v) is 15.9. The van der Waals surface area contributed by atoms with Gasteiger partial charge in [-0.25, -0.2) is 0 Å². The van der Waals surface area contributed by atoms with Crippen LogP contribution in [0.15, 0.2) is 12.1 Å². The van der Waals surface area contributed by atoms with Crippen LogP contribution in [0.2, 0.25) is 0 Å². The van der Waals surface area contributed by atoms with Crippen LogP contribution >= 0.6 is 0 Å². The molecule has 0 heterocycles. The van der Waals surface area contributed by atoms with E-state index in [1.807, 2.05) is 13.8 Å². The van der Waals surface area contributed by atoms with Gasteiger partial charge in [0.05, 0.1) is 24.7 Å². The van der Waals surface area contributed by atoms with Crippen LogP contribution in [0.3, 0.4) is 0 Å². The van der Waals surface area contributed by atoms with E-state index in [1.54, 1.807) is 7.05 Å². The maximum Gasteiger partial charge on any atom is 0.286 e. The van der Waals surface area contributed by atoms with Crippen LogP contribution in [-0.4, -0.2) is 63.3 Å². The van der Waals surface area contributed by atoms with Crippen molar-refractivity contribution in [3.05, 3.63) is 27.8 Å². The number of carbonyl (C=O) groups excluding carboxylic acids is 1. The lowest BCUT2D eigenvalue weighted by Crippen LogP contribution is -2.40. The lowest BCUT2D eigenvalue weighted by atomic mass is 9.93. The average Bonchev–Trinajstić information content (AvgIpc) is 2.60. The minimum Gasteiger partial charge on any atom is -0.493 e. The Morgan fingerprint density at radius 3 is 2.42 bits per heavy atom. The van der Waals surface area contributed by atoms with Gasteiger partial charge in [-0.2, -0.15) is 0 Å². The molecule has 26 heavy (non-hydrogen) atoms. The molecule has 0 aliphatic carbocycles. The van der Waals surface area contributed by atoms with Crippen molar-refractivity contribution in [3.8, 4) is 11.5 Å². The molecule has 0 atom stereocenters. The second-order valence-corrected chi connectivity index (χ2v) is 6.65. The number of ether oxygens (including phenoxy) is 3. The largest absolute Gasteiger partial charge is 0.493 e. The van der Waals surface area contributed by atoms with Gasteiger partial charge < -0.3 is 24.8 Å². The Kier molecular flexibility index (Phi) is 7.78. The highest BCUT2D eigenvalue weighted by atomic mass is 16.6. The lowest BCUT2D eigenvalue weighted by Gasteiger charge is -2.29. The van der Waals surface area contributed by atoms with E-state index in [9.17, 15) is 14.9 Å². The number of nitrogens with zero attached hydrogens (tertiary/aromatic N) is 2. The van der Waals surface area contributed by atoms with E-state index < -0.39 is 10.8 Å². The number of rotatable bonds is 10. The molecule has 146 valence electrons. The van der Waals surface area contributed by atoms with E-state index in [1.165, 1.54) is 31.3 Å². The topological polar surface area (TPSA) is 117 Å². The zero-order chi connectivity index (χ0) is 19.9. The Bertz CT molecular complexity index is 648. The molecule has 0 fully saturated rings. The highest BCUT2D eigenvalue weighted by Gasteiger charge is 2.29. The van der Waals surface area contributed by atoms with Crippen LogP contribution in [0.1, 0.15) is 24.2 Å². The molecule has 0 aromatic heterocycles. The maximum absolute atomic E-state index is 12.8. The summed E-state index contributed by atoms with van der Waals surface area (Å²) in [6.07, 6.45) is 0. The first-order valence-electron chi connectivity index (χ1n) is 8.10. The number of carbonyl (C=O) groups is 1. The van der Waals surface area contributed by atoms with Crippen molar-refractivity contribution in [1.29, 1.82) is 0 Å². The smallest absolute Gasteiger partial charge is 0.286 e. The summed E-state index contributed by atoms with van der Waals surface area (Å²) >= 11 is 0. The monoisotopic (exact) mass is 369 g/mol. The van der Waals surface area contributed by atoms with Gasteiger partial charge >= 0.3 is 0 Å². The summed E-state index contributed by atoms with van der Waals surface area (Å²) in [6.45, 7) is 5.07. The summed E-state index contributed by atoms with van der Waals surface area (Å²) in [6, 6.07) is 2.53. The van der Waals surface area contributed by atoms with Crippen molar-refractivity contribution in [1.82, 2.24) is 4.90 Å². The molecule has 0 radical (unpaired) electrons. The molecule has 0 bridgehead atoms. The Balaban J connectivity index is 3.24. The molecular weight excluding hydrogens is 342 g/mol. The molecule has 0 saturated carbocycles. The van der Waals surface area contributed by atoms with E-state index in [0.717, 1.165) is 0 Å². The molecule has 0 aliphatic heterocycles. The van der Waals surface area contributed by atoms with Crippen molar-refractivity contribution < 1.29 is 23.9 Å². The molecule has 9 nitrogen and oxygen atoms in total. The number of nitro groups is 1. The van der Waals surface area contributed by atoms with Crippen LogP contribution in [0.5, 0.6) is 11.5 Å². The molecule has 1 aromatic rings. The summed E-state index contributed by atoms with van der Waals surface area (Å²) in [4.78, 5) is 25.0. The standard InChI is InChI=1S/C17H27N3O6/c1-17(2,10-18)11-19(3)16(21)12-8-14(25-5)15(26-7-6-24-4)9-13(12)20(22)23/h8-9H,6-7,10-11,18H2,1-5H3. The van der Waals surface area contributed by atoms with E-state index in [2.05, 4.69) is 0 Å². The first-order chi connectivity index (χ1) is 12.2. The molecule has 1 rings (SSSR count). The Labute approximate surface area is 153 Å². The van der Waals surface area contributed by atoms with Gasteiger partial charge in [0.1, 0.15) is 12.2 Å². The highest BCUT2D eigenvalue weighted by Crippen LogP contribution is 2.35. The van der Waals surface area contributed by atoms with Gasteiger partial charge in [0.2, 0.25) is 0 Å². The van der Waals surface area contributed by atoms with Gasteiger partial charge in [0.25, 0.3) is 11.6 Å².